The number of carbonyl (C=O) groups is 1. The van der Waals surface area contributed by atoms with Gasteiger partial charge < -0.3 is 10.1 Å². The Morgan fingerprint density at radius 2 is 2.38 bits per heavy atom. The molecule has 0 bridgehead atoms. The van der Waals surface area contributed by atoms with Gasteiger partial charge in [0, 0.05) is 13.1 Å². The zero-order chi connectivity index (χ0) is 11.4. The van der Waals surface area contributed by atoms with Crippen LogP contribution in [0.1, 0.15) is 26.2 Å². The molecule has 2 fully saturated rings. The normalized spacial score (nSPS) is 30.8. The van der Waals surface area contributed by atoms with Gasteiger partial charge in [-0.25, -0.2) is 0 Å². The third-order valence-corrected chi connectivity index (χ3v) is 3.73. The summed E-state index contributed by atoms with van der Waals surface area (Å²) < 4.78 is 5.00. The molecular formula is C12H22N2O2. The topological polar surface area (TPSA) is 41.6 Å². The van der Waals surface area contributed by atoms with Crippen LogP contribution in [0, 0.1) is 5.41 Å². The van der Waals surface area contributed by atoms with Gasteiger partial charge in [0.25, 0.3) is 0 Å². The number of carbonyl (C=O) groups excluding carboxylic acids is 1. The largest absolute Gasteiger partial charge is 0.465 e. The van der Waals surface area contributed by atoms with E-state index in [-0.39, 0.29) is 5.97 Å². The fraction of sp³-hybridized carbons (Fsp3) is 0.917. The van der Waals surface area contributed by atoms with E-state index in [1.54, 1.807) is 0 Å². The molecule has 1 spiro atoms. The highest BCUT2D eigenvalue weighted by atomic mass is 16.5. The Labute approximate surface area is 97.3 Å². The molecule has 0 aliphatic carbocycles. The van der Waals surface area contributed by atoms with Crippen molar-refractivity contribution >= 4 is 5.97 Å². The van der Waals surface area contributed by atoms with Gasteiger partial charge in [-0.05, 0) is 44.7 Å². The summed E-state index contributed by atoms with van der Waals surface area (Å²) in [5.74, 6) is -0.0782. The maximum Gasteiger partial charge on any atom is 0.320 e. The standard InChI is InChI=1S/C12H22N2O2/c1-2-16-11(15)8-14-7-3-4-12(10-14)5-6-13-9-12/h13H,2-10H2,1H3/t12-/m0/s1. The van der Waals surface area contributed by atoms with Gasteiger partial charge in [0.05, 0.1) is 13.2 Å². The van der Waals surface area contributed by atoms with Gasteiger partial charge in [0.1, 0.15) is 0 Å². The maximum atomic E-state index is 11.4. The van der Waals surface area contributed by atoms with Gasteiger partial charge in [-0.3, -0.25) is 9.69 Å². The predicted octanol–water partition coefficient (Wildman–Crippen LogP) is 0.625. The number of hydrogen-bond donors (Lipinski definition) is 1. The highest BCUT2D eigenvalue weighted by Gasteiger charge is 2.38. The van der Waals surface area contributed by atoms with E-state index < -0.39 is 0 Å². The van der Waals surface area contributed by atoms with Crippen LogP contribution in [0.3, 0.4) is 0 Å². The molecule has 0 aromatic heterocycles. The van der Waals surface area contributed by atoms with E-state index in [1.807, 2.05) is 6.92 Å². The smallest absolute Gasteiger partial charge is 0.320 e. The molecule has 2 saturated heterocycles. The number of esters is 1. The van der Waals surface area contributed by atoms with Gasteiger partial charge >= 0.3 is 5.97 Å². The Kier molecular flexibility index (Phi) is 3.82. The quantitative estimate of drug-likeness (QED) is 0.717. The highest BCUT2D eigenvalue weighted by Crippen LogP contribution is 2.35. The van der Waals surface area contributed by atoms with Crippen molar-refractivity contribution in [2.24, 2.45) is 5.41 Å². The summed E-state index contributed by atoms with van der Waals surface area (Å²) in [6.45, 7) is 7.16. The van der Waals surface area contributed by atoms with Crippen LogP contribution in [0.5, 0.6) is 0 Å². The maximum absolute atomic E-state index is 11.4. The van der Waals surface area contributed by atoms with Crippen LogP contribution in [0.15, 0.2) is 0 Å². The SMILES string of the molecule is CCOC(=O)CN1CCC[C@@]2(CCNC2)C1. The lowest BCUT2D eigenvalue weighted by atomic mass is 9.79. The molecule has 0 amide bonds. The molecule has 0 aromatic carbocycles. The number of nitrogens with one attached hydrogen (secondary N) is 1. The van der Waals surface area contributed by atoms with Crippen molar-refractivity contribution in [3.05, 3.63) is 0 Å². The van der Waals surface area contributed by atoms with Crippen molar-refractivity contribution in [1.29, 1.82) is 0 Å². The molecule has 4 heteroatoms. The van der Waals surface area contributed by atoms with Gasteiger partial charge in [-0.2, -0.15) is 0 Å². The minimum absolute atomic E-state index is 0.0782. The van der Waals surface area contributed by atoms with E-state index in [1.165, 1.54) is 19.3 Å². The number of nitrogens with zero attached hydrogens (tertiary/aromatic N) is 1. The van der Waals surface area contributed by atoms with E-state index in [0.29, 0.717) is 18.6 Å². The fourth-order valence-corrected chi connectivity index (χ4v) is 2.98. The third-order valence-electron chi connectivity index (χ3n) is 3.73. The molecule has 1 atom stereocenters. The number of rotatable bonds is 3. The summed E-state index contributed by atoms with van der Waals surface area (Å²) >= 11 is 0. The highest BCUT2D eigenvalue weighted by molar-refractivity contribution is 5.71. The van der Waals surface area contributed by atoms with Gasteiger partial charge in [-0.15, -0.1) is 0 Å². The molecule has 2 rings (SSSR count). The zero-order valence-corrected chi connectivity index (χ0v) is 10.1. The summed E-state index contributed by atoms with van der Waals surface area (Å²) in [6, 6.07) is 0. The van der Waals surface area contributed by atoms with Crippen molar-refractivity contribution in [3.63, 3.8) is 0 Å². The van der Waals surface area contributed by atoms with Crippen molar-refractivity contribution in [2.45, 2.75) is 26.2 Å². The molecule has 92 valence electrons. The van der Waals surface area contributed by atoms with Crippen molar-refractivity contribution in [3.8, 4) is 0 Å². The van der Waals surface area contributed by atoms with Crippen LogP contribution in [0.25, 0.3) is 0 Å². The van der Waals surface area contributed by atoms with Gasteiger partial charge in [0.15, 0.2) is 0 Å². The van der Waals surface area contributed by atoms with Gasteiger partial charge in [0.2, 0.25) is 0 Å². The minimum Gasteiger partial charge on any atom is -0.465 e. The van der Waals surface area contributed by atoms with Gasteiger partial charge in [-0.1, -0.05) is 0 Å². The first-order chi connectivity index (χ1) is 7.74. The van der Waals surface area contributed by atoms with Crippen LogP contribution >= 0.6 is 0 Å². The summed E-state index contributed by atoms with van der Waals surface area (Å²) in [6.07, 6.45) is 3.77. The first kappa shape index (κ1) is 11.9. The van der Waals surface area contributed by atoms with Crippen molar-refractivity contribution in [2.75, 3.05) is 39.3 Å². The Morgan fingerprint density at radius 1 is 1.50 bits per heavy atom. The Morgan fingerprint density at radius 3 is 3.06 bits per heavy atom. The van der Waals surface area contributed by atoms with E-state index in [4.69, 9.17) is 4.74 Å². The van der Waals surface area contributed by atoms with Crippen LogP contribution in [0.2, 0.25) is 0 Å². The van der Waals surface area contributed by atoms with E-state index >= 15 is 0 Å². The lowest BCUT2D eigenvalue weighted by molar-refractivity contribution is -0.145. The van der Waals surface area contributed by atoms with E-state index in [9.17, 15) is 4.79 Å². The average Bonchev–Trinajstić information content (AvgIpc) is 2.66. The molecule has 0 aromatic rings. The van der Waals surface area contributed by atoms with Crippen LogP contribution < -0.4 is 5.32 Å². The third kappa shape index (κ3) is 2.74. The average molecular weight is 226 g/mol. The van der Waals surface area contributed by atoms with E-state index in [2.05, 4.69) is 10.2 Å². The lowest BCUT2D eigenvalue weighted by Crippen LogP contribution is -2.46. The molecule has 0 unspecified atom stereocenters. The van der Waals surface area contributed by atoms with Crippen LogP contribution in [-0.2, 0) is 9.53 Å². The van der Waals surface area contributed by atoms with Crippen LogP contribution in [0.4, 0.5) is 0 Å². The summed E-state index contributed by atoms with van der Waals surface area (Å²) in [4.78, 5) is 13.7. The summed E-state index contributed by atoms with van der Waals surface area (Å²) in [7, 11) is 0. The fourth-order valence-electron chi connectivity index (χ4n) is 2.98. The Hall–Kier alpha value is -0.610. The Bertz CT molecular complexity index is 249. The molecule has 16 heavy (non-hydrogen) atoms. The second-order valence-corrected chi connectivity index (χ2v) is 5.05. The number of ether oxygens (including phenoxy) is 1. The second kappa shape index (κ2) is 5.15. The number of hydrogen-bond acceptors (Lipinski definition) is 4. The first-order valence-electron chi connectivity index (χ1n) is 6.33. The zero-order valence-electron chi connectivity index (χ0n) is 10.1. The minimum atomic E-state index is -0.0782. The van der Waals surface area contributed by atoms with Crippen molar-refractivity contribution < 1.29 is 9.53 Å². The molecule has 2 aliphatic heterocycles. The summed E-state index contributed by atoms with van der Waals surface area (Å²) in [5.41, 5.74) is 0.435. The molecule has 4 nitrogen and oxygen atoms in total. The lowest BCUT2D eigenvalue weighted by Gasteiger charge is -2.39. The molecule has 2 heterocycles. The molecule has 1 N–H and O–H groups in total. The monoisotopic (exact) mass is 226 g/mol. The number of piperidine rings is 1. The second-order valence-electron chi connectivity index (χ2n) is 5.05. The van der Waals surface area contributed by atoms with E-state index in [0.717, 1.165) is 26.2 Å². The molecule has 2 aliphatic rings. The molecule has 0 radical (unpaired) electrons. The van der Waals surface area contributed by atoms with Crippen LogP contribution in [-0.4, -0.2) is 50.2 Å². The Balaban J connectivity index is 1.84. The summed E-state index contributed by atoms with van der Waals surface area (Å²) in [5, 5.41) is 3.44. The first-order valence-corrected chi connectivity index (χ1v) is 6.33. The predicted molar refractivity (Wildman–Crippen MR) is 62.2 cm³/mol. The molecule has 0 saturated carbocycles. The number of likely N-dealkylation sites (tertiary alicyclic amines) is 1. The van der Waals surface area contributed by atoms with Crippen molar-refractivity contribution in [1.82, 2.24) is 10.2 Å². The molecular weight excluding hydrogens is 204 g/mol.